The highest BCUT2D eigenvalue weighted by molar-refractivity contribution is 7.99. The minimum Gasteiger partial charge on any atom is -0.295 e. The molecule has 1 rings (SSSR count). The van der Waals surface area contributed by atoms with Crippen LogP contribution in [-0.4, -0.2) is 17.3 Å². The van der Waals surface area contributed by atoms with Crippen molar-refractivity contribution >= 4 is 23.1 Å². The van der Waals surface area contributed by atoms with E-state index in [9.17, 15) is 4.79 Å². The highest BCUT2D eigenvalue weighted by Gasteiger charge is 2.05. The Morgan fingerprint density at radius 3 is 2.67 bits per heavy atom. The van der Waals surface area contributed by atoms with Gasteiger partial charge in [-0.05, 0) is 35.1 Å². The van der Waals surface area contributed by atoms with E-state index in [1.54, 1.807) is 0 Å². The lowest BCUT2D eigenvalue weighted by Gasteiger charge is -2.06. The molecule has 96 valence electrons. The molecule has 0 saturated heterocycles. The Morgan fingerprint density at radius 1 is 1.33 bits per heavy atom. The van der Waals surface area contributed by atoms with E-state index in [2.05, 4.69) is 31.7 Å². The number of carbonyl (C=O) groups is 1. The average molecular weight is 260 g/mol. The predicted octanol–water partition coefficient (Wildman–Crippen LogP) is 4.36. The summed E-state index contributed by atoms with van der Waals surface area (Å²) >= 11 is 1.92. The fourth-order valence-corrected chi connectivity index (χ4v) is 2.24. The fraction of sp³-hybridized carbons (Fsp3) is 0.312. The molecule has 1 aromatic rings. The second-order valence-electron chi connectivity index (χ2n) is 3.93. The molecule has 0 atom stereocenters. The topological polar surface area (TPSA) is 17.1 Å². The first kappa shape index (κ1) is 14.8. The molecule has 0 saturated carbocycles. The summed E-state index contributed by atoms with van der Waals surface area (Å²) in [7, 11) is 0. The van der Waals surface area contributed by atoms with Crippen LogP contribution < -0.4 is 0 Å². The normalized spacial score (nSPS) is 11.3. The van der Waals surface area contributed by atoms with Crippen LogP contribution in [0.5, 0.6) is 0 Å². The van der Waals surface area contributed by atoms with Gasteiger partial charge in [-0.3, -0.25) is 4.79 Å². The van der Waals surface area contributed by atoms with Crippen LogP contribution in [0.3, 0.4) is 0 Å². The summed E-state index contributed by atoms with van der Waals surface area (Å²) < 4.78 is 0. The predicted molar refractivity (Wildman–Crippen MR) is 81.9 cm³/mol. The molecule has 0 fully saturated rings. The van der Waals surface area contributed by atoms with Crippen molar-refractivity contribution in [1.29, 1.82) is 0 Å². The summed E-state index contributed by atoms with van der Waals surface area (Å²) in [5.74, 6) is 2.32. The number of carbonyl (C=O) groups excluding carboxylic acids is 1. The molecule has 2 heteroatoms. The lowest BCUT2D eigenvalue weighted by Crippen LogP contribution is -1.95. The molecule has 0 aliphatic heterocycles. The van der Waals surface area contributed by atoms with E-state index in [-0.39, 0.29) is 5.78 Å². The Hall–Kier alpha value is -1.28. The third-order valence-corrected chi connectivity index (χ3v) is 3.53. The zero-order valence-electron chi connectivity index (χ0n) is 10.9. The third-order valence-electron chi connectivity index (χ3n) is 2.59. The van der Waals surface area contributed by atoms with Crippen LogP contribution >= 0.6 is 11.8 Å². The summed E-state index contributed by atoms with van der Waals surface area (Å²) in [6.07, 6.45) is 5.04. The van der Waals surface area contributed by atoms with E-state index in [4.69, 9.17) is 0 Å². The highest BCUT2D eigenvalue weighted by Crippen LogP contribution is 2.20. The zero-order valence-corrected chi connectivity index (χ0v) is 11.7. The summed E-state index contributed by atoms with van der Waals surface area (Å²) in [5, 5.41) is 0. The molecule has 0 amide bonds. The maximum absolute atomic E-state index is 11.5. The van der Waals surface area contributed by atoms with Gasteiger partial charge in [0.25, 0.3) is 0 Å². The summed E-state index contributed by atoms with van der Waals surface area (Å²) in [4.78, 5) is 11.5. The number of thioether (sulfide) groups is 1. The molecular weight excluding hydrogens is 240 g/mol. The molecule has 1 aromatic carbocycles. The van der Waals surface area contributed by atoms with Gasteiger partial charge in [0.05, 0.1) is 0 Å². The van der Waals surface area contributed by atoms with E-state index < -0.39 is 0 Å². The van der Waals surface area contributed by atoms with Gasteiger partial charge in [0, 0.05) is 6.42 Å². The van der Waals surface area contributed by atoms with Crippen LogP contribution in [0.15, 0.2) is 49.1 Å². The second-order valence-corrected chi connectivity index (χ2v) is 5.32. The molecule has 1 nitrogen and oxygen atoms in total. The van der Waals surface area contributed by atoms with Gasteiger partial charge in [-0.2, -0.15) is 11.8 Å². The van der Waals surface area contributed by atoms with E-state index >= 15 is 0 Å². The van der Waals surface area contributed by atoms with Crippen molar-refractivity contribution in [3.8, 4) is 0 Å². The Labute approximate surface area is 114 Å². The molecule has 0 aromatic heterocycles. The van der Waals surface area contributed by atoms with Crippen LogP contribution in [0.4, 0.5) is 0 Å². The van der Waals surface area contributed by atoms with Crippen molar-refractivity contribution < 1.29 is 4.79 Å². The van der Waals surface area contributed by atoms with Crippen LogP contribution in [0.25, 0.3) is 5.57 Å². The minimum absolute atomic E-state index is 0.0771. The molecule has 0 spiro atoms. The van der Waals surface area contributed by atoms with E-state index in [1.165, 1.54) is 6.08 Å². The third kappa shape index (κ3) is 5.37. The average Bonchev–Trinajstić information content (AvgIpc) is 2.43. The Morgan fingerprint density at radius 2 is 2.06 bits per heavy atom. The number of ketones is 1. The van der Waals surface area contributed by atoms with Crippen LogP contribution in [-0.2, 0) is 4.79 Å². The van der Waals surface area contributed by atoms with Crippen molar-refractivity contribution in [2.45, 2.75) is 19.8 Å². The fourth-order valence-electron chi connectivity index (χ4n) is 1.67. The van der Waals surface area contributed by atoms with Gasteiger partial charge in [-0.25, -0.2) is 0 Å². The first-order valence-electron chi connectivity index (χ1n) is 6.25. The number of hydrogen-bond donors (Lipinski definition) is 0. The maximum atomic E-state index is 11.5. The lowest BCUT2D eigenvalue weighted by atomic mass is 9.99. The van der Waals surface area contributed by atoms with Gasteiger partial charge in [-0.15, -0.1) is 0 Å². The van der Waals surface area contributed by atoms with Crippen molar-refractivity contribution in [3.05, 3.63) is 54.6 Å². The van der Waals surface area contributed by atoms with Gasteiger partial charge in [0.1, 0.15) is 0 Å². The van der Waals surface area contributed by atoms with Gasteiger partial charge in [0.2, 0.25) is 0 Å². The van der Waals surface area contributed by atoms with Gasteiger partial charge in [-0.1, -0.05) is 49.9 Å². The molecular formula is C16H20OS. The van der Waals surface area contributed by atoms with E-state index in [1.807, 2.05) is 30.0 Å². The summed E-state index contributed by atoms with van der Waals surface area (Å²) in [5.41, 5.74) is 2.24. The zero-order chi connectivity index (χ0) is 13.2. The SMILES string of the molecule is C=CC(=O)C/C(=C\CCSCC)c1ccccc1. The lowest BCUT2D eigenvalue weighted by molar-refractivity contribution is -0.113. The van der Waals surface area contributed by atoms with Gasteiger partial charge in [0.15, 0.2) is 5.78 Å². The second kappa shape index (κ2) is 8.76. The highest BCUT2D eigenvalue weighted by atomic mass is 32.2. The molecule has 18 heavy (non-hydrogen) atoms. The minimum atomic E-state index is 0.0771. The largest absolute Gasteiger partial charge is 0.295 e. The molecule has 0 N–H and O–H groups in total. The smallest absolute Gasteiger partial charge is 0.159 e. The van der Waals surface area contributed by atoms with Gasteiger partial charge >= 0.3 is 0 Å². The number of hydrogen-bond acceptors (Lipinski definition) is 2. The van der Waals surface area contributed by atoms with E-state index in [0.29, 0.717) is 6.42 Å². The molecule has 0 aliphatic rings. The van der Waals surface area contributed by atoms with Crippen LogP contribution in [0.1, 0.15) is 25.3 Å². The number of rotatable bonds is 8. The first-order valence-corrected chi connectivity index (χ1v) is 7.40. The summed E-state index contributed by atoms with van der Waals surface area (Å²) in [6, 6.07) is 10.1. The van der Waals surface area contributed by atoms with Crippen molar-refractivity contribution in [2.75, 3.05) is 11.5 Å². The Bertz CT molecular complexity index is 406. The number of allylic oxidation sites excluding steroid dienone is 3. The standard InChI is InChI=1S/C16H20OS/c1-3-16(17)13-15(11-8-12-18-4-2)14-9-6-5-7-10-14/h3,5-7,9-11H,1,4,8,12-13H2,2H3/b15-11+. The monoisotopic (exact) mass is 260 g/mol. The van der Waals surface area contributed by atoms with Crippen LogP contribution in [0.2, 0.25) is 0 Å². The van der Waals surface area contributed by atoms with Gasteiger partial charge < -0.3 is 0 Å². The summed E-state index contributed by atoms with van der Waals surface area (Å²) in [6.45, 7) is 5.70. The van der Waals surface area contributed by atoms with Crippen molar-refractivity contribution in [3.63, 3.8) is 0 Å². The van der Waals surface area contributed by atoms with Crippen LogP contribution in [0, 0.1) is 0 Å². The molecule has 0 radical (unpaired) electrons. The molecule has 0 heterocycles. The maximum Gasteiger partial charge on any atom is 0.159 e. The van der Waals surface area contributed by atoms with Crippen molar-refractivity contribution in [1.82, 2.24) is 0 Å². The Kier molecular flexibility index (Phi) is 7.19. The first-order chi connectivity index (χ1) is 8.77. The Balaban J connectivity index is 2.75. The quantitative estimate of drug-likeness (QED) is 0.510. The van der Waals surface area contributed by atoms with Crippen molar-refractivity contribution in [2.24, 2.45) is 0 Å². The molecule has 0 bridgehead atoms. The molecule has 0 unspecified atom stereocenters. The molecule has 0 aliphatic carbocycles. The number of benzene rings is 1. The van der Waals surface area contributed by atoms with E-state index in [0.717, 1.165) is 29.1 Å².